The number of aldehydes is 1. The van der Waals surface area contributed by atoms with E-state index in [0.717, 1.165) is 23.5 Å². The molecule has 2 heteroatoms. The Bertz CT molecular complexity index is 419. The first-order valence-corrected chi connectivity index (χ1v) is 6.70. The van der Waals surface area contributed by atoms with Crippen LogP contribution in [-0.4, -0.2) is 10.9 Å². The summed E-state index contributed by atoms with van der Waals surface area (Å²) in [6.45, 7) is 8.90. The largest absolute Gasteiger partial charge is 0.345 e. The molecule has 2 nitrogen and oxygen atoms in total. The molecule has 0 amide bonds. The summed E-state index contributed by atoms with van der Waals surface area (Å²) in [5.74, 6) is 1.49. The molecule has 0 bridgehead atoms. The van der Waals surface area contributed by atoms with Crippen molar-refractivity contribution in [1.29, 1.82) is 0 Å². The minimum absolute atomic E-state index is 0.576. The summed E-state index contributed by atoms with van der Waals surface area (Å²) in [4.78, 5) is 11.0. The Labute approximate surface area is 104 Å². The zero-order valence-electron chi connectivity index (χ0n) is 11.4. The molecule has 1 aliphatic rings. The number of aromatic nitrogens is 1. The number of hydrogen-bond donors (Lipinski definition) is 0. The molecule has 1 aliphatic carbocycles. The second-order valence-corrected chi connectivity index (χ2v) is 5.65. The van der Waals surface area contributed by atoms with Gasteiger partial charge in [-0.05, 0) is 38.2 Å². The van der Waals surface area contributed by atoms with Gasteiger partial charge in [0, 0.05) is 23.0 Å². The van der Waals surface area contributed by atoms with E-state index >= 15 is 0 Å². The molecule has 3 atom stereocenters. The zero-order valence-corrected chi connectivity index (χ0v) is 11.4. The third-order valence-electron chi connectivity index (χ3n) is 4.65. The van der Waals surface area contributed by atoms with E-state index in [1.807, 2.05) is 6.07 Å². The molecule has 17 heavy (non-hydrogen) atoms. The fraction of sp³-hybridized carbons (Fsp3) is 0.667. The van der Waals surface area contributed by atoms with E-state index in [9.17, 15) is 4.79 Å². The molecule has 0 spiro atoms. The minimum Gasteiger partial charge on any atom is -0.345 e. The van der Waals surface area contributed by atoms with Crippen LogP contribution in [-0.2, 0) is 0 Å². The van der Waals surface area contributed by atoms with Crippen LogP contribution in [0.2, 0.25) is 0 Å². The van der Waals surface area contributed by atoms with Crippen LogP contribution in [0.4, 0.5) is 0 Å². The van der Waals surface area contributed by atoms with E-state index in [1.165, 1.54) is 25.0 Å². The summed E-state index contributed by atoms with van der Waals surface area (Å²) in [6.07, 6.45) is 4.89. The summed E-state index contributed by atoms with van der Waals surface area (Å²) >= 11 is 0. The summed E-state index contributed by atoms with van der Waals surface area (Å²) in [5.41, 5.74) is 3.23. The van der Waals surface area contributed by atoms with Gasteiger partial charge in [0.2, 0.25) is 0 Å². The topological polar surface area (TPSA) is 22.0 Å². The van der Waals surface area contributed by atoms with Gasteiger partial charge in [0.05, 0.1) is 0 Å². The van der Waals surface area contributed by atoms with Gasteiger partial charge in [-0.2, -0.15) is 0 Å². The van der Waals surface area contributed by atoms with Gasteiger partial charge in [0.1, 0.15) is 0 Å². The van der Waals surface area contributed by atoms with Crippen molar-refractivity contribution < 1.29 is 4.79 Å². The molecule has 94 valence electrons. The molecule has 0 N–H and O–H groups in total. The van der Waals surface area contributed by atoms with Crippen LogP contribution in [0.3, 0.4) is 0 Å². The van der Waals surface area contributed by atoms with E-state index in [-0.39, 0.29) is 0 Å². The zero-order chi connectivity index (χ0) is 12.6. The maximum atomic E-state index is 11.0. The minimum atomic E-state index is 0.576. The van der Waals surface area contributed by atoms with Crippen molar-refractivity contribution in [3.05, 3.63) is 23.0 Å². The Morgan fingerprint density at radius 2 is 2.00 bits per heavy atom. The predicted octanol–water partition coefficient (Wildman–Crippen LogP) is 3.91. The average Bonchev–Trinajstić information content (AvgIpc) is 2.58. The normalized spacial score (nSPS) is 29.3. The van der Waals surface area contributed by atoms with Crippen molar-refractivity contribution >= 4 is 6.29 Å². The lowest BCUT2D eigenvalue weighted by Crippen LogP contribution is -2.28. The highest BCUT2D eigenvalue weighted by atomic mass is 16.1. The molecular weight excluding hydrogens is 210 g/mol. The highest BCUT2D eigenvalue weighted by Gasteiger charge is 2.30. The second kappa shape index (κ2) is 4.67. The van der Waals surface area contributed by atoms with E-state index in [2.05, 4.69) is 32.3 Å². The molecule has 0 saturated heterocycles. The molecule has 2 rings (SSSR count). The van der Waals surface area contributed by atoms with Gasteiger partial charge in [-0.1, -0.05) is 26.7 Å². The first-order chi connectivity index (χ1) is 8.06. The lowest BCUT2D eigenvalue weighted by atomic mass is 9.77. The first kappa shape index (κ1) is 12.4. The summed E-state index contributed by atoms with van der Waals surface area (Å²) in [6, 6.07) is 2.60. The van der Waals surface area contributed by atoms with Crippen LogP contribution in [0.1, 0.15) is 60.9 Å². The summed E-state index contributed by atoms with van der Waals surface area (Å²) < 4.78 is 2.39. The standard InChI is InChI=1S/C15H23NO/c1-10-6-5-7-15(12(10)3)16-11(2)8-14(9-17)13(16)4/h8-10,12,15H,5-7H2,1-4H3. The molecule has 0 aliphatic heterocycles. The Hall–Kier alpha value is -1.05. The third-order valence-corrected chi connectivity index (χ3v) is 4.65. The Balaban J connectivity index is 2.39. The van der Waals surface area contributed by atoms with Gasteiger partial charge in [-0.25, -0.2) is 0 Å². The number of rotatable bonds is 2. The monoisotopic (exact) mass is 233 g/mol. The van der Waals surface area contributed by atoms with Crippen LogP contribution in [0.15, 0.2) is 6.07 Å². The Kier molecular flexibility index (Phi) is 3.41. The van der Waals surface area contributed by atoms with Crippen LogP contribution in [0, 0.1) is 25.7 Å². The number of carbonyl (C=O) groups is 1. The number of nitrogens with zero attached hydrogens (tertiary/aromatic N) is 1. The SMILES string of the molecule is Cc1cc(C=O)c(C)n1C1CCCC(C)C1C. The first-order valence-electron chi connectivity index (χ1n) is 6.70. The molecule has 1 fully saturated rings. The van der Waals surface area contributed by atoms with Gasteiger partial charge >= 0.3 is 0 Å². The summed E-state index contributed by atoms with van der Waals surface area (Å²) in [7, 11) is 0. The van der Waals surface area contributed by atoms with Crippen LogP contribution >= 0.6 is 0 Å². The van der Waals surface area contributed by atoms with Crippen LogP contribution in [0.5, 0.6) is 0 Å². The highest BCUT2D eigenvalue weighted by molar-refractivity contribution is 5.77. The van der Waals surface area contributed by atoms with Gasteiger partial charge < -0.3 is 4.57 Å². The number of carbonyl (C=O) groups excluding carboxylic acids is 1. The molecule has 1 aromatic heterocycles. The predicted molar refractivity (Wildman–Crippen MR) is 70.5 cm³/mol. The van der Waals surface area contributed by atoms with Crippen molar-refractivity contribution in [2.75, 3.05) is 0 Å². The molecule has 1 heterocycles. The number of aryl methyl sites for hydroxylation is 1. The highest BCUT2D eigenvalue weighted by Crippen LogP contribution is 2.39. The van der Waals surface area contributed by atoms with Crippen molar-refractivity contribution in [2.24, 2.45) is 11.8 Å². The molecule has 1 aromatic rings. The van der Waals surface area contributed by atoms with Crippen molar-refractivity contribution in [1.82, 2.24) is 4.57 Å². The lowest BCUT2D eigenvalue weighted by molar-refractivity contribution is 0.112. The smallest absolute Gasteiger partial charge is 0.151 e. The van der Waals surface area contributed by atoms with E-state index in [0.29, 0.717) is 12.0 Å². The molecular formula is C15H23NO. The maximum absolute atomic E-state index is 11.0. The van der Waals surface area contributed by atoms with Crippen LogP contribution in [0.25, 0.3) is 0 Å². The molecule has 3 unspecified atom stereocenters. The summed E-state index contributed by atoms with van der Waals surface area (Å²) in [5, 5.41) is 0. The van der Waals surface area contributed by atoms with Gasteiger partial charge in [0.15, 0.2) is 6.29 Å². The Morgan fingerprint density at radius 3 is 2.59 bits per heavy atom. The van der Waals surface area contributed by atoms with Crippen molar-refractivity contribution in [2.45, 2.75) is 53.0 Å². The fourth-order valence-electron chi connectivity index (χ4n) is 3.35. The van der Waals surface area contributed by atoms with Crippen LogP contribution < -0.4 is 0 Å². The molecule has 0 radical (unpaired) electrons. The maximum Gasteiger partial charge on any atom is 0.151 e. The van der Waals surface area contributed by atoms with Gasteiger partial charge in [-0.15, -0.1) is 0 Å². The average molecular weight is 233 g/mol. The fourth-order valence-corrected chi connectivity index (χ4v) is 3.35. The lowest BCUT2D eigenvalue weighted by Gasteiger charge is -2.36. The Morgan fingerprint density at radius 1 is 1.29 bits per heavy atom. The van der Waals surface area contributed by atoms with Crippen molar-refractivity contribution in [3.63, 3.8) is 0 Å². The molecule has 0 aromatic carbocycles. The van der Waals surface area contributed by atoms with E-state index < -0.39 is 0 Å². The third kappa shape index (κ3) is 2.05. The van der Waals surface area contributed by atoms with Crippen molar-refractivity contribution in [3.8, 4) is 0 Å². The molecule has 1 saturated carbocycles. The second-order valence-electron chi connectivity index (χ2n) is 5.65. The van der Waals surface area contributed by atoms with E-state index in [1.54, 1.807) is 0 Å². The van der Waals surface area contributed by atoms with E-state index in [4.69, 9.17) is 0 Å². The van der Waals surface area contributed by atoms with Gasteiger partial charge in [-0.3, -0.25) is 4.79 Å². The quantitative estimate of drug-likeness (QED) is 0.710. The number of hydrogen-bond acceptors (Lipinski definition) is 1. The van der Waals surface area contributed by atoms with Gasteiger partial charge in [0.25, 0.3) is 0 Å².